The van der Waals surface area contributed by atoms with Gasteiger partial charge < -0.3 is 10.4 Å². The van der Waals surface area contributed by atoms with Gasteiger partial charge >= 0.3 is 0 Å². The lowest BCUT2D eigenvalue weighted by atomic mass is 10.1. The van der Waals surface area contributed by atoms with E-state index in [-0.39, 0.29) is 0 Å². The molecular weight excluding hydrogens is 258 g/mol. The Labute approximate surface area is 97.6 Å². The number of aliphatic hydroxyl groups is 1. The van der Waals surface area contributed by atoms with Gasteiger partial charge in [0, 0.05) is 4.47 Å². The summed E-state index contributed by atoms with van der Waals surface area (Å²) in [5.74, 6) is -0.422. The molecule has 0 spiro atoms. The van der Waals surface area contributed by atoms with Gasteiger partial charge in [0.15, 0.2) is 0 Å². The fourth-order valence-corrected chi connectivity index (χ4v) is 1.36. The third-order valence-electron chi connectivity index (χ3n) is 1.93. The second-order valence-electron chi connectivity index (χ2n) is 4.00. The highest BCUT2D eigenvalue weighted by Crippen LogP contribution is 2.24. The van der Waals surface area contributed by atoms with Crippen LogP contribution >= 0.6 is 15.9 Å². The lowest BCUT2D eigenvalue weighted by Gasteiger charge is -2.17. The summed E-state index contributed by atoms with van der Waals surface area (Å²) in [7, 11) is 0. The maximum atomic E-state index is 11.5. The van der Waals surface area contributed by atoms with E-state index in [0.717, 1.165) is 10.0 Å². The number of amides is 1. The van der Waals surface area contributed by atoms with Crippen molar-refractivity contribution in [3.8, 4) is 0 Å². The minimum Gasteiger partial charge on any atom is -0.381 e. The van der Waals surface area contributed by atoms with Crippen molar-refractivity contribution >= 4 is 27.5 Å². The Morgan fingerprint density at radius 1 is 1.47 bits per heavy atom. The number of benzene rings is 1. The van der Waals surface area contributed by atoms with Crippen molar-refractivity contribution in [2.24, 2.45) is 0 Å². The van der Waals surface area contributed by atoms with Gasteiger partial charge in [-0.25, -0.2) is 0 Å². The van der Waals surface area contributed by atoms with Gasteiger partial charge in [0.1, 0.15) is 5.60 Å². The molecule has 0 radical (unpaired) electrons. The number of halogens is 1. The maximum absolute atomic E-state index is 11.5. The molecule has 3 nitrogen and oxygen atoms in total. The first-order valence-corrected chi connectivity index (χ1v) is 5.40. The zero-order valence-corrected chi connectivity index (χ0v) is 10.6. The van der Waals surface area contributed by atoms with Gasteiger partial charge in [-0.3, -0.25) is 4.79 Å². The molecule has 0 heterocycles. The standard InChI is InChI=1S/C11H14BrNO2/c1-7-4-5-8(12)9(6-7)13-10(14)11(2,3)15/h4-6,15H,1-3H3,(H,13,14). The summed E-state index contributed by atoms with van der Waals surface area (Å²) in [6.07, 6.45) is 0. The van der Waals surface area contributed by atoms with Crippen LogP contribution < -0.4 is 5.32 Å². The van der Waals surface area contributed by atoms with Crippen molar-refractivity contribution in [2.75, 3.05) is 5.32 Å². The molecule has 0 aliphatic carbocycles. The van der Waals surface area contributed by atoms with Crippen LogP contribution in [0.3, 0.4) is 0 Å². The first-order chi connectivity index (χ1) is 6.80. The average molecular weight is 272 g/mol. The van der Waals surface area contributed by atoms with E-state index in [1.807, 2.05) is 25.1 Å². The van der Waals surface area contributed by atoms with Crippen LogP contribution in [0, 0.1) is 6.92 Å². The van der Waals surface area contributed by atoms with Crippen LogP contribution in [0.1, 0.15) is 19.4 Å². The van der Waals surface area contributed by atoms with Gasteiger partial charge in [-0.05, 0) is 54.4 Å². The molecule has 1 rings (SSSR count). The zero-order chi connectivity index (χ0) is 11.6. The highest BCUT2D eigenvalue weighted by molar-refractivity contribution is 9.10. The lowest BCUT2D eigenvalue weighted by molar-refractivity contribution is -0.130. The fraction of sp³-hybridized carbons (Fsp3) is 0.364. The van der Waals surface area contributed by atoms with Gasteiger partial charge in [-0.1, -0.05) is 6.07 Å². The summed E-state index contributed by atoms with van der Waals surface area (Å²) in [5, 5.41) is 12.1. The highest BCUT2D eigenvalue weighted by Gasteiger charge is 2.24. The molecule has 0 aliphatic heterocycles. The number of hydrogen-bond acceptors (Lipinski definition) is 2. The van der Waals surface area contributed by atoms with Crippen molar-refractivity contribution in [1.82, 2.24) is 0 Å². The van der Waals surface area contributed by atoms with Crippen LogP contribution in [0.4, 0.5) is 5.69 Å². The third-order valence-corrected chi connectivity index (χ3v) is 2.62. The Kier molecular flexibility index (Phi) is 3.52. The smallest absolute Gasteiger partial charge is 0.255 e. The molecule has 15 heavy (non-hydrogen) atoms. The summed E-state index contributed by atoms with van der Waals surface area (Å²) >= 11 is 3.33. The Balaban J connectivity index is 2.90. The topological polar surface area (TPSA) is 49.3 Å². The molecule has 0 fully saturated rings. The number of aryl methyl sites for hydroxylation is 1. The summed E-state index contributed by atoms with van der Waals surface area (Å²) in [4.78, 5) is 11.5. The van der Waals surface area contributed by atoms with Gasteiger partial charge in [-0.15, -0.1) is 0 Å². The van der Waals surface area contributed by atoms with E-state index in [9.17, 15) is 9.90 Å². The van der Waals surface area contributed by atoms with Crippen molar-refractivity contribution in [2.45, 2.75) is 26.4 Å². The molecule has 0 saturated carbocycles. The minimum atomic E-state index is -1.37. The second-order valence-corrected chi connectivity index (χ2v) is 4.85. The predicted molar refractivity (Wildman–Crippen MR) is 63.8 cm³/mol. The van der Waals surface area contributed by atoms with Gasteiger partial charge in [-0.2, -0.15) is 0 Å². The van der Waals surface area contributed by atoms with Crippen LogP contribution in [0.5, 0.6) is 0 Å². The molecule has 0 atom stereocenters. The van der Waals surface area contributed by atoms with Crippen molar-refractivity contribution in [3.63, 3.8) is 0 Å². The summed E-state index contributed by atoms with van der Waals surface area (Å²) in [6.45, 7) is 4.84. The molecule has 1 aromatic rings. The molecule has 0 saturated heterocycles. The third kappa shape index (κ3) is 3.32. The number of hydrogen-bond donors (Lipinski definition) is 2. The van der Waals surface area contributed by atoms with Crippen LogP contribution in [0.15, 0.2) is 22.7 Å². The number of anilines is 1. The highest BCUT2D eigenvalue weighted by atomic mass is 79.9. The summed E-state index contributed by atoms with van der Waals surface area (Å²) < 4.78 is 0.797. The van der Waals surface area contributed by atoms with Crippen LogP contribution in [-0.4, -0.2) is 16.6 Å². The fourth-order valence-electron chi connectivity index (χ4n) is 1.01. The molecular formula is C11H14BrNO2. The number of rotatable bonds is 2. The van der Waals surface area contributed by atoms with E-state index in [1.165, 1.54) is 13.8 Å². The lowest BCUT2D eigenvalue weighted by Crippen LogP contribution is -2.36. The molecule has 0 bridgehead atoms. The van der Waals surface area contributed by atoms with E-state index in [0.29, 0.717) is 5.69 Å². The predicted octanol–water partition coefficient (Wildman–Crippen LogP) is 2.47. The van der Waals surface area contributed by atoms with Crippen LogP contribution in [-0.2, 0) is 4.79 Å². The first-order valence-electron chi connectivity index (χ1n) is 4.60. The largest absolute Gasteiger partial charge is 0.381 e. The van der Waals surface area contributed by atoms with E-state index in [4.69, 9.17) is 0 Å². The Morgan fingerprint density at radius 3 is 2.60 bits per heavy atom. The molecule has 0 aromatic heterocycles. The average Bonchev–Trinajstić information content (AvgIpc) is 2.09. The molecule has 2 N–H and O–H groups in total. The molecule has 0 unspecified atom stereocenters. The monoisotopic (exact) mass is 271 g/mol. The van der Waals surface area contributed by atoms with Gasteiger partial charge in [0.2, 0.25) is 0 Å². The number of nitrogens with one attached hydrogen (secondary N) is 1. The van der Waals surface area contributed by atoms with Gasteiger partial charge in [0.25, 0.3) is 5.91 Å². The molecule has 1 aromatic carbocycles. The number of carbonyl (C=O) groups excluding carboxylic acids is 1. The molecule has 4 heteroatoms. The number of carbonyl (C=O) groups is 1. The van der Waals surface area contributed by atoms with E-state index in [2.05, 4.69) is 21.2 Å². The molecule has 82 valence electrons. The van der Waals surface area contributed by atoms with Gasteiger partial charge in [0.05, 0.1) is 5.69 Å². The quantitative estimate of drug-likeness (QED) is 0.868. The minimum absolute atomic E-state index is 0.422. The molecule has 1 amide bonds. The normalized spacial score (nSPS) is 11.3. The molecule has 0 aliphatic rings. The van der Waals surface area contributed by atoms with Crippen molar-refractivity contribution in [1.29, 1.82) is 0 Å². The van der Waals surface area contributed by atoms with E-state index < -0.39 is 11.5 Å². The summed E-state index contributed by atoms with van der Waals surface area (Å²) in [6, 6.07) is 5.63. The van der Waals surface area contributed by atoms with Crippen molar-refractivity contribution in [3.05, 3.63) is 28.2 Å². The zero-order valence-electron chi connectivity index (χ0n) is 8.97. The van der Waals surface area contributed by atoms with Crippen LogP contribution in [0.25, 0.3) is 0 Å². The Bertz CT molecular complexity index is 383. The Hall–Kier alpha value is -0.870. The van der Waals surface area contributed by atoms with Crippen LogP contribution in [0.2, 0.25) is 0 Å². The summed E-state index contributed by atoms with van der Waals surface area (Å²) in [5.41, 5.74) is 0.342. The maximum Gasteiger partial charge on any atom is 0.255 e. The van der Waals surface area contributed by atoms with E-state index >= 15 is 0 Å². The SMILES string of the molecule is Cc1ccc(Br)c(NC(=O)C(C)(C)O)c1. The second kappa shape index (κ2) is 4.33. The first kappa shape index (κ1) is 12.2. The van der Waals surface area contributed by atoms with E-state index in [1.54, 1.807) is 0 Å². The van der Waals surface area contributed by atoms with Crippen molar-refractivity contribution < 1.29 is 9.90 Å². The Morgan fingerprint density at radius 2 is 2.07 bits per heavy atom.